The molecule has 3 atom stereocenters. The molecule has 0 radical (unpaired) electrons. The standard InChI is InChI=1S/C16H25NO2S/c1-11(2)13-6-9-15(17)16(10-13)20(18,19)14-7-4-12(3)5-8-14/h4-5,7-8,11,13,15-16H,6,9-10,17H2,1-3H3. The van der Waals surface area contributed by atoms with E-state index < -0.39 is 15.1 Å². The van der Waals surface area contributed by atoms with Gasteiger partial charge in [-0.15, -0.1) is 0 Å². The quantitative estimate of drug-likeness (QED) is 0.932. The maximum absolute atomic E-state index is 12.8. The van der Waals surface area contributed by atoms with Crippen LogP contribution < -0.4 is 5.73 Å². The average molecular weight is 295 g/mol. The van der Waals surface area contributed by atoms with Gasteiger partial charge in [-0.1, -0.05) is 31.5 Å². The highest BCUT2D eigenvalue weighted by Gasteiger charge is 2.38. The van der Waals surface area contributed by atoms with Crippen LogP contribution in [0.3, 0.4) is 0 Å². The van der Waals surface area contributed by atoms with Crippen molar-refractivity contribution in [3.05, 3.63) is 29.8 Å². The lowest BCUT2D eigenvalue weighted by molar-refractivity contribution is 0.261. The lowest BCUT2D eigenvalue weighted by Gasteiger charge is -2.35. The van der Waals surface area contributed by atoms with E-state index in [1.807, 2.05) is 19.1 Å². The van der Waals surface area contributed by atoms with Crippen molar-refractivity contribution in [1.82, 2.24) is 0 Å². The fourth-order valence-electron chi connectivity index (χ4n) is 3.05. The highest BCUT2D eigenvalue weighted by atomic mass is 32.2. The third-order valence-electron chi connectivity index (χ3n) is 4.57. The Kier molecular flexibility index (Phi) is 4.55. The molecule has 4 heteroatoms. The first-order valence-corrected chi connectivity index (χ1v) is 8.93. The molecule has 0 heterocycles. The first-order valence-electron chi connectivity index (χ1n) is 7.38. The molecule has 1 aliphatic rings. The zero-order chi connectivity index (χ0) is 14.9. The van der Waals surface area contributed by atoms with Crippen LogP contribution in [-0.4, -0.2) is 19.7 Å². The molecule has 0 saturated heterocycles. The summed E-state index contributed by atoms with van der Waals surface area (Å²) >= 11 is 0. The van der Waals surface area contributed by atoms with E-state index in [1.54, 1.807) is 12.1 Å². The highest BCUT2D eigenvalue weighted by molar-refractivity contribution is 7.92. The summed E-state index contributed by atoms with van der Waals surface area (Å²) in [4.78, 5) is 0.410. The van der Waals surface area contributed by atoms with Gasteiger partial charge in [-0.3, -0.25) is 0 Å². The summed E-state index contributed by atoms with van der Waals surface area (Å²) in [7, 11) is -3.32. The van der Waals surface area contributed by atoms with Crippen molar-refractivity contribution in [3.63, 3.8) is 0 Å². The van der Waals surface area contributed by atoms with E-state index in [9.17, 15) is 8.42 Å². The molecule has 112 valence electrons. The molecule has 1 saturated carbocycles. The van der Waals surface area contributed by atoms with Crippen molar-refractivity contribution in [2.24, 2.45) is 17.6 Å². The van der Waals surface area contributed by atoms with Gasteiger partial charge in [-0.25, -0.2) is 8.42 Å². The van der Waals surface area contributed by atoms with Crippen LogP contribution in [0.25, 0.3) is 0 Å². The number of hydrogen-bond donors (Lipinski definition) is 1. The highest BCUT2D eigenvalue weighted by Crippen LogP contribution is 2.35. The van der Waals surface area contributed by atoms with Crippen molar-refractivity contribution >= 4 is 9.84 Å². The summed E-state index contributed by atoms with van der Waals surface area (Å²) in [6.07, 6.45) is 2.53. The monoisotopic (exact) mass is 295 g/mol. The zero-order valence-corrected chi connectivity index (χ0v) is 13.4. The first kappa shape index (κ1) is 15.5. The Labute approximate surface area is 122 Å². The molecular weight excluding hydrogens is 270 g/mol. The smallest absolute Gasteiger partial charge is 0.182 e. The average Bonchev–Trinajstić information content (AvgIpc) is 2.39. The summed E-state index contributed by atoms with van der Waals surface area (Å²) in [6, 6.07) is 6.87. The molecule has 1 aliphatic carbocycles. The maximum atomic E-state index is 12.8. The third kappa shape index (κ3) is 3.07. The molecule has 1 aromatic carbocycles. The molecule has 0 aromatic heterocycles. The Morgan fingerprint density at radius 2 is 1.75 bits per heavy atom. The Morgan fingerprint density at radius 1 is 1.15 bits per heavy atom. The van der Waals surface area contributed by atoms with Crippen LogP contribution in [0.5, 0.6) is 0 Å². The van der Waals surface area contributed by atoms with Crippen LogP contribution >= 0.6 is 0 Å². The SMILES string of the molecule is Cc1ccc(S(=O)(=O)C2CC(C(C)C)CCC2N)cc1. The fraction of sp³-hybridized carbons (Fsp3) is 0.625. The van der Waals surface area contributed by atoms with Gasteiger partial charge in [0.15, 0.2) is 9.84 Å². The first-order chi connectivity index (χ1) is 9.32. The number of benzene rings is 1. The van der Waals surface area contributed by atoms with E-state index in [1.165, 1.54) is 0 Å². The Bertz CT molecular complexity index is 548. The van der Waals surface area contributed by atoms with E-state index in [0.29, 0.717) is 23.2 Å². The van der Waals surface area contributed by atoms with Gasteiger partial charge in [0.2, 0.25) is 0 Å². The minimum absolute atomic E-state index is 0.240. The van der Waals surface area contributed by atoms with Gasteiger partial charge in [-0.2, -0.15) is 0 Å². The molecule has 0 amide bonds. The lowest BCUT2D eigenvalue weighted by Crippen LogP contribution is -2.45. The third-order valence-corrected chi connectivity index (χ3v) is 6.84. The van der Waals surface area contributed by atoms with Crippen molar-refractivity contribution < 1.29 is 8.42 Å². The molecule has 2 N–H and O–H groups in total. The van der Waals surface area contributed by atoms with Gasteiger partial charge in [0.05, 0.1) is 10.1 Å². The van der Waals surface area contributed by atoms with Crippen molar-refractivity contribution in [3.8, 4) is 0 Å². The predicted molar refractivity (Wildman–Crippen MR) is 82.3 cm³/mol. The molecule has 0 aliphatic heterocycles. The minimum atomic E-state index is -3.32. The van der Waals surface area contributed by atoms with Crippen LogP contribution in [0.1, 0.15) is 38.7 Å². The summed E-state index contributed by atoms with van der Waals surface area (Å²) in [5.74, 6) is 0.971. The van der Waals surface area contributed by atoms with Gasteiger partial charge in [0.1, 0.15) is 0 Å². The minimum Gasteiger partial charge on any atom is -0.327 e. The van der Waals surface area contributed by atoms with E-state index in [4.69, 9.17) is 5.73 Å². The molecule has 1 aromatic rings. The van der Waals surface area contributed by atoms with Gasteiger partial charge >= 0.3 is 0 Å². The van der Waals surface area contributed by atoms with Crippen molar-refractivity contribution in [1.29, 1.82) is 0 Å². The fourth-order valence-corrected chi connectivity index (χ4v) is 5.01. The molecule has 1 fully saturated rings. The van der Waals surface area contributed by atoms with Crippen molar-refractivity contribution in [2.75, 3.05) is 0 Å². The molecule has 3 nitrogen and oxygen atoms in total. The Balaban J connectivity index is 2.29. The van der Waals surface area contributed by atoms with Gasteiger partial charge < -0.3 is 5.73 Å². The largest absolute Gasteiger partial charge is 0.327 e. The van der Waals surface area contributed by atoms with Gasteiger partial charge in [0.25, 0.3) is 0 Å². The number of nitrogens with two attached hydrogens (primary N) is 1. The van der Waals surface area contributed by atoms with Crippen LogP contribution in [0, 0.1) is 18.8 Å². The molecule has 0 spiro atoms. The number of aryl methyl sites for hydroxylation is 1. The summed E-state index contributed by atoms with van der Waals surface area (Å²) in [5, 5.41) is -0.439. The normalized spacial score (nSPS) is 27.8. The molecular formula is C16H25NO2S. The van der Waals surface area contributed by atoms with Crippen molar-refractivity contribution in [2.45, 2.75) is 56.2 Å². The second kappa shape index (κ2) is 5.86. The number of rotatable bonds is 3. The lowest BCUT2D eigenvalue weighted by atomic mass is 9.79. The Hall–Kier alpha value is -0.870. The van der Waals surface area contributed by atoms with Gasteiger partial charge in [-0.05, 0) is 50.2 Å². The summed E-state index contributed by atoms with van der Waals surface area (Å²) in [5.41, 5.74) is 7.18. The number of sulfone groups is 1. The topological polar surface area (TPSA) is 60.2 Å². The molecule has 3 unspecified atom stereocenters. The van der Waals surface area contributed by atoms with Crippen LogP contribution in [0.15, 0.2) is 29.2 Å². The second-order valence-corrected chi connectivity index (χ2v) is 8.54. The van der Waals surface area contributed by atoms with Crippen LogP contribution in [0.4, 0.5) is 0 Å². The maximum Gasteiger partial charge on any atom is 0.182 e. The number of hydrogen-bond acceptors (Lipinski definition) is 3. The predicted octanol–water partition coefficient (Wildman–Crippen LogP) is 2.92. The van der Waals surface area contributed by atoms with Gasteiger partial charge in [0, 0.05) is 6.04 Å². The molecule has 0 bridgehead atoms. The van der Waals surface area contributed by atoms with E-state index in [2.05, 4.69) is 13.8 Å². The van der Waals surface area contributed by atoms with Crippen LogP contribution in [0.2, 0.25) is 0 Å². The van der Waals surface area contributed by atoms with E-state index >= 15 is 0 Å². The van der Waals surface area contributed by atoms with Crippen LogP contribution in [-0.2, 0) is 9.84 Å². The zero-order valence-electron chi connectivity index (χ0n) is 12.5. The Morgan fingerprint density at radius 3 is 2.30 bits per heavy atom. The van der Waals surface area contributed by atoms with E-state index in [0.717, 1.165) is 18.4 Å². The summed E-state index contributed by atoms with van der Waals surface area (Å²) < 4.78 is 25.6. The molecule has 20 heavy (non-hydrogen) atoms. The molecule has 2 rings (SSSR count). The summed E-state index contributed by atoms with van der Waals surface area (Å²) in [6.45, 7) is 6.28. The second-order valence-electron chi connectivity index (χ2n) is 6.38. The van der Waals surface area contributed by atoms with E-state index in [-0.39, 0.29) is 6.04 Å².